The Morgan fingerprint density at radius 1 is 0.931 bits per heavy atom. The normalized spacial score (nSPS) is 11.6. The van der Waals surface area contributed by atoms with Gasteiger partial charge in [-0.2, -0.15) is 4.31 Å². The zero-order chi connectivity index (χ0) is 21.0. The molecular formula is C21H18ClF2NO3S. The molecule has 0 aliphatic rings. The van der Waals surface area contributed by atoms with Gasteiger partial charge in [-0.05, 0) is 53.6 Å². The highest BCUT2D eigenvalue weighted by atomic mass is 35.5. The summed E-state index contributed by atoms with van der Waals surface area (Å²) in [5.74, 6) is -0.946. The summed E-state index contributed by atoms with van der Waals surface area (Å²) in [6.45, 7) is -0.115. The Morgan fingerprint density at radius 2 is 1.59 bits per heavy atom. The van der Waals surface area contributed by atoms with Crippen LogP contribution in [0, 0.1) is 11.6 Å². The molecule has 0 unspecified atom stereocenters. The molecule has 0 saturated heterocycles. The van der Waals surface area contributed by atoms with Gasteiger partial charge in [-0.25, -0.2) is 17.2 Å². The van der Waals surface area contributed by atoms with E-state index in [0.717, 1.165) is 0 Å². The molecule has 0 spiro atoms. The van der Waals surface area contributed by atoms with Gasteiger partial charge in [0.2, 0.25) is 10.0 Å². The average molecular weight is 438 g/mol. The lowest BCUT2D eigenvalue weighted by Gasteiger charge is -2.23. The Morgan fingerprint density at radius 3 is 2.21 bits per heavy atom. The second-order valence-electron chi connectivity index (χ2n) is 6.33. The van der Waals surface area contributed by atoms with Crippen LogP contribution in [-0.2, 0) is 23.1 Å². The van der Waals surface area contributed by atoms with Crippen LogP contribution >= 0.6 is 11.6 Å². The van der Waals surface area contributed by atoms with Gasteiger partial charge in [-0.3, -0.25) is 0 Å². The van der Waals surface area contributed by atoms with Crippen molar-refractivity contribution in [1.82, 2.24) is 4.31 Å². The van der Waals surface area contributed by atoms with Crippen molar-refractivity contribution in [1.29, 1.82) is 0 Å². The van der Waals surface area contributed by atoms with Crippen molar-refractivity contribution in [3.8, 4) is 5.75 Å². The van der Waals surface area contributed by atoms with Gasteiger partial charge in [0, 0.05) is 18.1 Å². The highest BCUT2D eigenvalue weighted by Gasteiger charge is 2.25. The number of sulfonamides is 1. The van der Waals surface area contributed by atoms with Crippen LogP contribution in [0.4, 0.5) is 8.78 Å². The van der Waals surface area contributed by atoms with Crippen molar-refractivity contribution in [3.05, 3.63) is 94.5 Å². The van der Waals surface area contributed by atoms with E-state index in [2.05, 4.69) is 0 Å². The van der Waals surface area contributed by atoms with Gasteiger partial charge in [-0.15, -0.1) is 0 Å². The molecule has 0 bridgehead atoms. The van der Waals surface area contributed by atoms with Crippen molar-refractivity contribution in [2.24, 2.45) is 0 Å². The molecule has 0 atom stereocenters. The first-order valence-electron chi connectivity index (χ1n) is 8.62. The number of ether oxygens (including phenoxy) is 1. The second-order valence-corrected chi connectivity index (χ2v) is 8.70. The van der Waals surface area contributed by atoms with Crippen LogP contribution in [0.2, 0.25) is 5.02 Å². The summed E-state index contributed by atoms with van der Waals surface area (Å²) in [6, 6.07) is 15.7. The number of hydrogen-bond acceptors (Lipinski definition) is 3. The third-order valence-electron chi connectivity index (χ3n) is 4.28. The minimum atomic E-state index is -3.96. The molecule has 3 aromatic carbocycles. The maximum Gasteiger partial charge on any atom is 0.243 e. The van der Waals surface area contributed by atoms with E-state index in [9.17, 15) is 17.2 Å². The summed E-state index contributed by atoms with van der Waals surface area (Å²) in [5.41, 5.74) is 1.03. The highest BCUT2D eigenvalue weighted by Crippen LogP contribution is 2.25. The van der Waals surface area contributed by atoms with Crippen LogP contribution in [-0.4, -0.2) is 19.8 Å². The molecule has 0 radical (unpaired) electrons. The molecule has 0 heterocycles. The number of nitrogens with zero attached hydrogens (tertiary/aromatic N) is 1. The lowest BCUT2D eigenvalue weighted by Crippen LogP contribution is -2.30. The molecule has 3 aromatic rings. The van der Waals surface area contributed by atoms with Crippen LogP contribution in [0.3, 0.4) is 0 Å². The summed E-state index contributed by atoms with van der Waals surface area (Å²) in [5, 5.41) is 0.281. The SMILES string of the molecule is COc1ccc(CN(Cc2ccc(F)cc2)S(=O)(=O)c2cccc(Cl)c2)cc1F. The van der Waals surface area contributed by atoms with E-state index in [1.807, 2.05) is 0 Å². The zero-order valence-electron chi connectivity index (χ0n) is 15.5. The molecule has 0 fully saturated rings. The summed E-state index contributed by atoms with van der Waals surface area (Å²) in [6.07, 6.45) is 0. The van der Waals surface area contributed by atoms with Crippen LogP contribution < -0.4 is 4.74 Å². The standard InChI is InChI=1S/C21H18ClF2NO3S/c1-28-21-10-7-16(11-20(21)24)14-25(13-15-5-8-18(23)9-6-15)29(26,27)19-4-2-3-17(22)12-19/h2-12H,13-14H2,1H3. The second kappa shape index (κ2) is 8.90. The molecule has 0 aliphatic heterocycles. The number of benzene rings is 3. The van der Waals surface area contributed by atoms with E-state index < -0.39 is 21.7 Å². The number of halogens is 3. The third-order valence-corrected chi connectivity index (χ3v) is 6.30. The van der Waals surface area contributed by atoms with Gasteiger partial charge in [0.25, 0.3) is 0 Å². The molecule has 0 aromatic heterocycles. The van der Waals surface area contributed by atoms with Crippen molar-refractivity contribution in [2.45, 2.75) is 18.0 Å². The Bertz CT molecular complexity index is 1110. The van der Waals surface area contributed by atoms with Gasteiger partial charge >= 0.3 is 0 Å². The van der Waals surface area contributed by atoms with Crippen molar-refractivity contribution in [2.75, 3.05) is 7.11 Å². The fourth-order valence-corrected chi connectivity index (χ4v) is 4.53. The van der Waals surface area contributed by atoms with E-state index in [1.54, 1.807) is 18.2 Å². The van der Waals surface area contributed by atoms with Gasteiger partial charge in [-0.1, -0.05) is 35.9 Å². The molecule has 4 nitrogen and oxygen atoms in total. The molecule has 0 aliphatic carbocycles. The predicted molar refractivity (Wildman–Crippen MR) is 107 cm³/mol. The minimum Gasteiger partial charge on any atom is -0.494 e. The van der Waals surface area contributed by atoms with E-state index in [0.29, 0.717) is 11.1 Å². The minimum absolute atomic E-state index is 0.0149. The lowest BCUT2D eigenvalue weighted by molar-refractivity contribution is 0.382. The van der Waals surface area contributed by atoms with E-state index in [1.165, 1.54) is 59.9 Å². The van der Waals surface area contributed by atoms with Gasteiger partial charge < -0.3 is 4.74 Å². The smallest absolute Gasteiger partial charge is 0.243 e. The molecule has 3 rings (SSSR count). The van der Waals surface area contributed by atoms with Crippen molar-refractivity contribution < 1.29 is 21.9 Å². The zero-order valence-corrected chi connectivity index (χ0v) is 17.1. The van der Waals surface area contributed by atoms with Crippen molar-refractivity contribution >= 4 is 21.6 Å². The van der Waals surface area contributed by atoms with Gasteiger partial charge in [0.15, 0.2) is 11.6 Å². The summed E-state index contributed by atoms with van der Waals surface area (Å²) in [4.78, 5) is 0.0149. The van der Waals surface area contributed by atoms with Crippen molar-refractivity contribution in [3.63, 3.8) is 0 Å². The quantitative estimate of drug-likeness (QED) is 0.521. The average Bonchev–Trinajstić information content (AvgIpc) is 2.69. The fourth-order valence-electron chi connectivity index (χ4n) is 2.81. The summed E-state index contributed by atoms with van der Waals surface area (Å²) in [7, 11) is -2.61. The van der Waals surface area contributed by atoms with Crippen LogP contribution in [0.1, 0.15) is 11.1 Å². The predicted octanol–water partition coefficient (Wildman–Crippen LogP) is 5.02. The van der Waals surface area contributed by atoms with E-state index in [-0.39, 0.29) is 28.8 Å². The fraction of sp³-hybridized carbons (Fsp3) is 0.143. The Hall–Kier alpha value is -2.48. The Labute approximate surface area is 173 Å². The number of hydrogen-bond donors (Lipinski definition) is 0. The first-order chi connectivity index (χ1) is 13.8. The van der Waals surface area contributed by atoms with Crippen LogP contribution in [0.25, 0.3) is 0 Å². The molecular weight excluding hydrogens is 420 g/mol. The van der Waals surface area contributed by atoms with Crippen LogP contribution in [0.5, 0.6) is 5.75 Å². The highest BCUT2D eigenvalue weighted by molar-refractivity contribution is 7.89. The molecule has 0 amide bonds. The summed E-state index contributed by atoms with van der Waals surface area (Å²) < 4.78 is 59.9. The molecule has 152 valence electrons. The van der Waals surface area contributed by atoms with E-state index in [4.69, 9.17) is 16.3 Å². The lowest BCUT2D eigenvalue weighted by atomic mass is 10.2. The molecule has 29 heavy (non-hydrogen) atoms. The largest absolute Gasteiger partial charge is 0.494 e. The van der Waals surface area contributed by atoms with E-state index >= 15 is 0 Å². The molecule has 8 heteroatoms. The third kappa shape index (κ3) is 5.12. The number of rotatable bonds is 7. The first-order valence-corrected chi connectivity index (χ1v) is 10.4. The topological polar surface area (TPSA) is 46.6 Å². The first kappa shape index (κ1) is 21.2. The Kier molecular flexibility index (Phi) is 6.52. The molecule has 0 saturated carbocycles. The maximum atomic E-state index is 14.1. The summed E-state index contributed by atoms with van der Waals surface area (Å²) >= 11 is 5.96. The monoisotopic (exact) mass is 437 g/mol. The van der Waals surface area contributed by atoms with Crippen LogP contribution in [0.15, 0.2) is 71.6 Å². The van der Waals surface area contributed by atoms with Gasteiger partial charge in [0.1, 0.15) is 5.82 Å². The Balaban J connectivity index is 1.98. The number of methoxy groups -OCH3 is 1. The van der Waals surface area contributed by atoms with Gasteiger partial charge in [0.05, 0.1) is 12.0 Å². The molecule has 0 N–H and O–H groups in total. The maximum absolute atomic E-state index is 14.1.